The SMILES string of the molecule is C=C(C1CC(F)=CC=C1OC)N1/C(=C(\C)C(=O)N2CCOCC2(C)C)CCc2cc(OC)c(OC(C)C)cc21. The maximum absolute atomic E-state index is 14.6. The molecule has 0 saturated carbocycles. The molecule has 7 nitrogen and oxygen atoms in total. The van der Waals surface area contributed by atoms with Crippen molar-refractivity contribution in [2.75, 3.05) is 38.9 Å². The Kier molecular flexibility index (Phi) is 8.45. The number of nitrogens with zero attached hydrogens (tertiary/aromatic N) is 2. The van der Waals surface area contributed by atoms with Gasteiger partial charge in [0, 0.05) is 36.0 Å². The van der Waals surface area contributed by atoms with E-state index in [1.807, 2.05) is 56.6 Å². The fourth-order valence-electron chi connectivity index (χ4n) is 5.56. The molecule has 2 aliphatic heterocycles. The van der Waals surface area contributed by atoms with E-state index >= 15 is 0 Å². The summed E-state index contributed by atoms with van der Waals surface area (Å²) in [5.74, 6) is 1.15. The minimum atomic E-state index is -0.430. The maximum Gasteiger partial charge on any atom is 0.251 e. The van der Waals surface area contributed by atoms with Crippen molar-refractivity contribution in [1.82, 2.24) is 4.90 Å². The molecule has 1 atom stereocenters. The number of halogens is 1. The zero-order chi connectivity index (χ0) is 28.5. The average Bonchev–Trinajstić information content (AvgIpc) is 2.90. The highest BCUT2D eigenvalue weighted by molar-refractivity contribution is 5.95. The van der Waals surface area contributed by atoms with Crippen LogP contribution in [0.2, 0.25) is 0 Å². The number of amides is 1. The number of allylic oxidation sites excluding steroid dienone is 4. The molecule has 1 aromatic rings. The highest BCUT2D eigenvalue weighted by Crippen LogP contribution is 2.46. The van der Waals surface area contributed by atoms with Crippen LogP contribution in [0.15, 0.2) is 59.4 Å². The number of aryl methyl sites for hydroxylation is 1. The van der Waals surface area contributed by atoms with Crippen molar-refractivity contribution in [3.63, 3.8) is 0 Å². The van der Waals surface area contributed by atoms with Crippen molar-refractivity contribution in [3.8, 4) is 11.5 Å². The largest absolute Gasteiger partial charge is 0.500 e. The van der Waals surface area contributed by atoms with E-state index in [1.54, 1.807) is 20.3 Å². The number of ether oxygens (including phenoxy) is 4. The lowest BCUT2D eigenvalue weighted by molar-refractivity contribution is -0.142. The van der Waals surface area contributed by atoms with Crippen LogP contribution < -0.4 is 14.4 Å². The summed E-state index contributed by atoms with van der Waals surface area (Å²) >= 11 is 0. The molecular formula is C31H41FN2O5. The molecule has 0 aromatic heterocycles. The number of carbonyl (C=O) groups is 1. The molecule has 1 amide bonds. The van der Waals surface area contributed by atoms with Crippen LogP contribution in [0.4, 0.5) is 10.1 Å². The Morgan fingerprint density at radius 2 is 1.90 bits per heavy atom. The molecule has 8 heteroatoms. The normalized spacial score (nSPS) is 22.0. The summed E-state index contributed by atoms with van der Waals surface area (Å²) in [5, 5.41) is 0. The summed E-state index contributed by atoms with van der Waals surface area (Å²) in [4.78, 5) is 17.9. The lowest BCUT2D eigenvalue weighted by Crippen LogP contribution is -2.56. The maximum atomic E-state index is 14.6. The molecular weight excluding hydrogens is 499 g/mol. The molecule has 1 aliphatic carbocycles. The van der Waals surface area contributed by atoms with Crippen LogP contribution in [0.25, 0.3) is 0 Å². The van der Waals surface area contributed by atoms with Gasteiger partial charge < -0.3 is 28.7 Å². The molecule has 1 unspecified atom stereocenters. The van der Waals surface area contributed by atoms with Crippen molar-refractivity contribution >= 4 is 11.6 Å². The summed E-state index contributed by atoms with van der Waals surface area (Å²) in [5.41, 5.74) is 3.56. The highest BCUT2D eigenvalue weighted by Gasteiger charge is 2.38. The summed E-state index contributed by atoms with van der Waals surface area (Å²) < 4.78 is 37.6. The van der Waals surface area contributed by atoms with Crippen molar-refractivity contribution in [2.45, 2.75) is 65.5 Å². The lowest BCUT2D eigenvalue weighted by atomic mass is 9.89. The van der Waals surface area contributed by atoms with Gasteiger partial charge >= 0.3 is 0 Å². The molecule has 1 fully saturated rings. The third-order valence-corrected chi connectivity index (χ3v) is 7.61. The summed E-state index contributed by atoms with van der Waals surface area (Å²) in [6.07, 6.45) is 4.46. The number of hydrogen-bond donors (Lipinski definition) is 0. The Balaban J connectivity index is 1.86. The Hall–Kier alpha value is -3.26. The van der Waals surface area contributed by atoms with E-state index in [0.717, 1.165) is 16.9 Å². The second-order valence-electron chi connectivity index (χ2n) is 11.2. The van der Waals surface area contributed by atoms with Gasteiger partial charge in [-0.2, -0.15) is 0 Å². The van der Waals surface area contributed by atoms with Gasteiger partial charge in [0.15, 0.2) is 11.5 Å². The topological polar surface area (TPSA) is 60.5 Å². The number of hydrogen-bond acceptors (Lipinski definition) is 6. The molecule has 212 valence electrons. The van der Waals surface area contributed by atoms with Crippen LogP contribution in [0.1, 0.15) is 53.0 Å². The van der Waals surface area contributed by atoms with Gasteiger partial charge in [-0.05, 0) is 71.2 Å². The quantitative estimate of drug-likeness (QED) is 0.392. The van der Waals surface area contributed by atoms with Gasteiger partial charge in [0.1, 0.15) is 11.6 Å². The third kappa shape index (κ3) is 5.71. The van der Waals surface area contributed by atoms with Gasteiger partial charge in [-0.1, -0.05) is 6.58 Å². The standard InChI is InChI=1S/C31H41FN2O5/c1-19(2)39-29-17-26-22(15-28(29)37-8)9-11-25(20(3)30(35)33-13-14-38-18-31(33,5)6)34(26)21(4)24-16-23(32)10-12-27(24)36-7/h10,12,15,17,19,24H,4,9,11,13-14,16,18H2,1-3,5-8H3/b25-20+. The third-order valence-electron chi connectivity index (χ3n) is 7.61. The second-order valence-corrected chi connectivity index (χ2v) is 11.2. The molecule has 0 N–H and O–H groups in total. The summed E-state index contributed by atoms with van der Waals surface area (Å²) in [6.45, 7) is 15.8. The minimum absolute atomic E-state index is 0.0380. The van der Waals surface area contributed by atoms with E-state index in [4.69, 9.17) is 18.9 Å². The molecule has 39 heavy (non-hydrogen) atoms. The number of methoxy groups -OCH3 is 2. The second kappa shape index (κ2) is 11.5. The molecule has 0 radical (unpaired) electrons. The molecule has 0 bridgehead atoms. The van der Waals surface area contributed by atoms with Crippen molar-refractivity contribution < 1.29 is 28.1 Å². The first kappa shape index (κ1) is 28.7. The van der Waals surface area contributed by atoms with Crippen molar-refractivity contribution in [2.24, 2.45) is 5.92 Å². The number of anilines is 1. The van der Waals surface area contributed by atoms with Gasteiger partial charge in [0.2, 0.25) is 0 Å². The number of benzene rings is 1. The zero-order valence-corrected chi connectivity index (χ0v) is 24.2. The Morgan fingerprint density at radius 1 is 1.15 bits per heavy atom. The van der Waals surface area contributed by atoms with Gasteiger partial charge in [-0.15, -0.1) is 0 Å². The van der Waals surface area contributed by atoms with Gasteiger partial charge in [0.05, 0.1) is 50.7 Å². The Morgan fingerprint density at radius 3 is 2.54 bits per heavy atom. The van der Waals surface area contributed by atoms with Crippen LogP contribution in [-0.2, 0) is 20.7 Å². The Labute approximate surface area is 231 Å². The fourth-order valence-corrected chi connectivity index (χ4v) is 5.56. The van der Waals surface area contributed by atoms with Crippen molar-refractivity contribution in [1.29, 1.82) is 0 Å². The fraction of sp³-hybridized carbons (Fsp3) is 0.516. The predicted octanol–water partition coefficient (Wildman–Crippen LogP) is 6.06. The van der Waals surface area contributed by atoms with Gasteiger partial charge in [0.25, 0.3) is 5.91 Å². The van der Waals surface area contributed by atoms with E-state index in [2.05, 4.69) is 6.58 Å². The van der Waals surface area contributed by atoms with E-state index in [1.165, 1.54) is 6.08 Å². The monoisotopic (exact) mass is 540 g/mol. The Bertz CT molecular complexity index is 1230. The van der Waals surface area contributed by atoms with E-state index in [0.29, 0.717) is 61.1 Å². The number of fused-ring (bicyclic) bond motifs is 1. The van der Waals surface area contributed by atoms with E-state index < -0.39 is 11.5 Å². The highest BCUT2D eigenvalue weighted by atomic mass is 19.1. The minimum Gasteiger partial charge on any atom is -0.500 e. The smallest absolute Gasteiger partial charge is 0.251 e. The lowest BCUT2D eigenvalue weighted by Gasteiger charge is -2.44. The summed E-state index contributed by atoms with van der Waals surface area (Å²) in [6, 6.07) is 3.93. The van der Waals surface area contributed by atoms with E-state index in [9.17, 15) is 9.18 Å². The molecule has 4 rings (SSSR count). The number of morpholine rings is 1. The van der Waals surface area contributed by atoms with Crippen molar-refractivity contribution in [3.05, 3.63) is 65.0 Å². The molecule has 1 saturated heterocycles. The first-order valence-electron chi connectivity index (χ1n) is 13.5. The van der Waals surface area contributed by atoms with Crippen LogP contribution in [0.5, 0.6) is 11.5 Å². The van der Waals surface area contributed by atoms with Crippen LogP contribution >= 0.6 is 0 Å². The molecule has 2 heterocycles. The molecule has 1 aromatic carbocycles. The van der Waals surface area contributed by atoms with Gasteiger partial charge in [-0.25, -0.2) is 4.39 Å². The number of carbonyl (C=O) groups excluding carboxylic acids is 1. The van der Waals surface area contributed by atoms with Gasteiger partial charge in [-0.3, -0.25) is 4.79 Å². The average molecular weight is 541 g/mol. The summed E-state index contributed by atoms with van der Waals surface area (Å²) in [7, 11) is 3.21. The van der Waals surface area contributed by atoms with Crippen LogP contribution in [0, 0.1) is 5.92 Å². The molecule has 0 spiro atoms. The zero-order valence-electron chi connectivity index (χ0n) is 24.2. The van der Waals surface area contributed by atoms with E-state index in [-0.39, 0.29) is 24.3 Å². The number of rotatable bonds is 7. The first-order chi connectivity index (χ1) is 18.5. The predicted molar refractivity (Wildman–Crippen MR) is 150 cm³/mol. The molecule has 3 aliphatic rings. The van der Waals surface area contributed by atoms with Crippen LogP contribution in [0.3, 0.4) is 0 Å². The first-order valence-corrected chi connectivity index (χ1v) is 13.5. The van der Waals surface area contributed by atoms with Crippen LogP contribution in [-0.4, -0.2) is 56.4 Å².